The smallest absolute Gasteiger partial charge is 0.309 e. The Morgan fingerprint density at radius 1 is 1.41 bits per heavy atom. The van der Waals surface area contributed by atoms with Gasteiger partial charge in [-0.3, -0.25) is 4.79 Å². The molecular weight excluding hydrogens is 352 g/mol. The van der Waals surface area contributed by atoms with Crippen LogP contribution in [0.5, 0.6) is 5.75 Å². The molecule has 0 saturated heterocycles. The molecule has 0 aromatic heterocycles. The maximum atomic E-state index is 10.9. The summed E-state index contributed by atoms with van der Waals surface area (Å²) in [6.07, 6.45) is 0.463. The Morgan fingerprint density at radius 2 is 2.06 bits per heavy atom. The van der Waals surface area contributed by atoms with Crippen LogP contribution in [0.2, 0.25) is 0 Å². The summed E-state index contributed by atoms with van der Waals surface area (Å²) in [6, 6.07) is 5.60. The van der Waals surface area contributed by atoms with Crippen molar-refractivity contribution in [2.75, 3.05) is 6.61 Å². The summed E-state index contributed by atoms with van der Waals surface area (Å²) in [7, 11) is 0. The lowest BCUT2D eigenvalue weighted by molar-refractivity contribution is -0.147. The second kappa shape index (κ2) is 5.87. The van der Waals surface area contributed by atoms with Gasteiger partial charge in [0, 0.05) is 4.47 Å². The molecule has 0 heterocycles. The Kier molecular flexibility index (Phi) is 5.01. The largest absolute Gasteiger partial charge is 0.492 e. The number of carbonyl (C=O) groups is 1. The Labute approximate surface area is 117 Å². The lowest BCUT2D eigenvalue weighted by atomic mass is 9.90. The molecule has 0 saturated carbocycles. The van der Waals surface area contributed by atoms with E-state index in [1.54, 1.807) is 13.8 Å². The molecule has 0 radical (unpaired) electrons. The number of carboxylic acid groups (broad SMARTS) is 1. The van der Waals surface area contributed by atoms with Crippen molar-refractivity contribution in [1.29, 1.82) is 0 Å². The highest BCUT2D eigenvalue weighted by molar-refractivity contribution is 9.11. The molecule has 1 rings (SSSR count). The first-order valence-corrected chi connectivity index (χ1v) is 6.73. The van der Waals surface area contributed by atoms with Gasteiger partial charge in [-0.25, -0.2) is 0 Å². The van der Waals surface area contributed by atoms with Crippen molar-refractivity contribution < 1.29 is 14.6 Å². The monoisotopic (exact) mass is 364 g/mol. The van der Waals surface area contributed by atoms with E-state index in [0.29, 0.717) is 13.0 Å². The number of aliphatic carboxylic acids is 1. The average Bonchev–Trinajstić information content (AvgIpc) is 2.21. The van der Waals surface area contributed by atoms with E-state index >= 15 is 0 Å². The SMILES string of the molecule is CC(C)(CCOc1ccc(Br)cc1Br)C(=O)O. The van der Waals surface area contributed by atoms with Crippen LogP contribution in [-0.4, -0.2) is 17.7 Å². The van der Waals surface area contributed by atoms with E-state index in [9.17, 15) is 4.79 Å². The van der Waals surface area contributed by atoms with Crippen molar-refractivity contribution in [2.24, 2.45) is 5.41 Å². The number of ether oxygens (including phenoxy) is 1. The van der Waals surface area contributed by atoms with Crippen molar-refractivity contribution in [3.63, 3.8) is 0 Å². The molecule has 1 aromatic carbocycles. The van der Waals surface area contributed by atoms with Crippen LogP contribution in [-0.2, 0) is 4.79 Å². The van der Waals surface area contributed by atoms with Crippen LogP contribution in [0.3, 0.4) is 0 Å². The van der Waals surface area contributed by atoms with Crippen molar-refractivity contribution >= 4 is 37.8 Å². The topological polar surface area (TPSA) is 46.5 Å². The van der Waals surface area contributed by atoms with Gasteiger partial charge in [0.25, 0.3) is 0 Å². The Hall–Kier alpha value is -0.550. The molecule has 3 nitrogen and oxygen atoms in total. The Bertz CT molecular complexity index is 416. The fourth-order valence-corrected chi connectivity index (χ4v) is 2.28. The molecular formula is C12H14Br2O3. The lowest BCUT2D eigenvalue weighted by Crippen LogP contribution is -2.25. The third-order valence-corrected chi connectivity index (χ3v) is 3.57. The van der Waals surface area contributed by atoms with Crippen LogP contribution in [0.4, 0.5) is 0 Å². The van der Waals surface area contributed by atoms with E-state index in [4.69, 9.17) is 9.84 Å². The van der Waals surface area contributed by atoms with Crippen LogP contribution in [0.15, 0.2) is 27.1 Å². The van der Waals surface area contributed by atoms with Crippen LogP contribution >= 0.6 is 31.9 Å². The standard InChI is InChI=1S/C12H14Br2O3/c1-12(2,11(15)16)5-6-17-10-4-3-8(13)7-9(10)14/h3-4,7H,5-6H2,1-2H3,(H,15,16). The molecule has 0 unspecified atom stereocenters. The van der Waals surface area contributed by atoms with Gasteiger partial charge in [-0.05, 0) is 54.4 Å². The molecule has 1 N–H and O–H groups in total. The minimum Gasteiger partial charge on any atom is -0.492 e. The van der Waals surface area contributed by atoms with Crippen molar-refractivity contribution in [3.05, 3.63) is 27.1 Å². The van der Waals surface area contributed by atoms with Crippen LogP contribution in [0.1, 0.15) is 20.3 Å². The second-order valence-corrected chi connectivity index (χ2v) is 6.13. The summed E-state index contributed by atoms with van der Waals surface area (Å²) in [5.74, 6) is -0.0923. The first-order chi connectivity index (χ1) is 7.83. The molecule has 0 aliphatic rings. The minimum absolute atomic E-state index is 0.375. The number of rotatable bonds is 5. The lowest BCUT2D eigenvalue weighted by Gasteiger charge is -2.19. The number of hydrogen-bond acceptors (Lipinski definition) is 2. The molecule has 5 heteroatoms. The average molecular weight is 366 g/mol. The number of benzene rings is 1. The first-order valence-electron chi connectivity index (χ1n) is 5.14. The minimum atomic E-state index is -0.809. The van der Waals surface area contributed by atoms with Gasteiger partial charge in [-0.1, -0.05) is 15.9 Å². The van der Waals surface area contributed by atoms with Crippen LogP contribution in [0, 0.1) is 5.41 Å². The zero-order valence-corrected chi connectivity index (χ0v) is 12.8. The maximum absolute atomic E-state index is 10.9. The highest BCUT2D eigenvalue weighted by Crippen LogP contribution is 2.29. The van der Waals surface area contributed by atoms with Crippen LogP contribution < -0.4 is 4.74 Å². The molecule has 0 bridgehead atoms. The summed E-state index contributed by atoms with van der Waals surface area (Å²) >= 11 is 6.74. The number of carboxylic acids is 1. The van der Waals surface area contributed by atoms with Gasteiger partial charge in [0.2, 0.25) is 0 Å². The quantitative estimate of drug-likeness (QED) is 0.854. The highest BCUT2D eigenvalue weighted by atomic mass is 79.9. The van der Waals surface area contributed by atoms with Gasteiger partial charge in [0.05, 0.1) is 16.5 Å². The summed E-state index contributed by atoms with van der Waals surface area (Å²) in [5.41, 5.74) is -0.762. The second-order valence-electron chi connectivity index (χ2n) is 4.36. The van der Waals surface area contributed by atoms with Crippen LogP contribution in [0.25, 0.3) is 0 Å². The van der Waals surface area contributed by atoms with E-state index < -0.39 is 11.4 Å². The van der Waals surface area contributed by atoms with Gasteiger partial charge in [-0.15, -0.1) is 0 Å². The number of halogens is 2. The van der Waals surface area contributed by atoms with Crippen molar-refractivity contribution in [2.45, 2.75) is 20.3 Å². The highest BCUT2D eigenvalue weighted by Gasteiger charge is 2.26. The summed E-state index contributed by atoms with van der Waals surface area (Å²) in [4.78, 5) is 10.9. The zero-order chi connectivity index (χ0) is 13.1. The fourth-order valence-electron chi connectivity index (χ4n) is 1.12. The molecule has 0 spiro atoms. The third kappa shape index (κ3) is 4.32. The summed E-state index contributed by atoms with van der Waals surface area (Å²) in [5, 5.41) is 8.96. The summed E-state index contributed by atoms with van der Waals surface area (Å²) < 4.78 is 7.35. The van der Waals surface area contributed by atoms with E-state index in [0.717, 1.165) is 14.7 Å². The van der Waals surface area contributed by atoms with E-state index in [-0.39, 0.29) is 0 Å². The fraction of sp³-hybridized carbons (Fsp3) is 0.417. The van der Waals surface area contributed by atoms with Gasteiger partial charge < -0.3 is 9.84 Å². The Balaban J connectivity index is 2.54. The van der Waals surface area contributed by atoms with E-state index in [2.05, 4.69) is 31.9 Å². The molecule has 0 amide bonds. The molecule has 0 atom stereocenters. The molecule has 94 valence electrons. The number of hydrogen-bond donors (Lipinski definition) is 1. The van der Waals surface area contributed by atoms with Gasteiger partial charge in [0.1, 0.15) is 5.75 Å². The summed E-state index contributed by atoms with van der Waals surface area (Å²) in [6.45, 7) is 3.75. The predicted molar refractivity (Wildman–Crippen MR) is 73.4 cm³/mol. The van der Waals surface area contributed by atoms with Gasteiger partial charge in [0.15, 0.2) is 0 Å². The molecule has 0 fully saturated rings. The predicted octanol–water partition coefficient (Wildman–Crippen LogP) is 4.09. The molecule has 17 heavy (non-hydrogen) atoms. The van der Waals surface area contributed by atoms with Crippen molar-refractivity contribution in [1.82, 2.24) is 0 Å². The van der Waals surface area contributed by atoms with Gasteiger partial charge in [-0.2, -0.15) is 0 Å². The Morgan fingerprint density at radius 3 is 2.59 bits per heavy atom. The molecule has 0 aliphatic heterocycles. The maximum Gasteiger partial charge on any atom is 0.309 e. The molecule has 1 aromatic rings. The molecule has 0 aliphatic carbocycles. The normalized spacial score (nSPS) is 11.3. The van der Waals surface area contributed by atoms with E-state index in [1.807, 2.05) is 18.2 Å². The van der Waals surface area contributed by atoms with E-state index in [1.165, 1.54) is 0 Å². The first kappa shape index (κ1) is 14.5. The van der Waals surface area contributed by atoms with Gasteiger partial charge >= 0.3 is 5.97 Å². The third-order valence-electron chi connectivity index (χ3n) is 2.46. The van der Waals surface area contributed by atoms with Crippen molar-refractivity contribution in [3.8, 4) is 5.75 Å². The zero-order valence-electron chi connectivity index (χ0n) is 9.67.